The van der Waals surface area contributed by atoms with E-state index in [9.17, 15) is 4.79 Å². The lowest BCUT2D eigenvalue weighted by atomic mass is 10.0. The molecule has 3 rings (SSSR count). The van der Waals surface area contributed by atoms with Crippen LogP contribution in [0.4, 0.5) is 5.82 Å². The van der Waals surface area contributed by atoms with Gasteiger partial charge in [0, 0.05) is 12.6 Å². The molecule has 7 nitrogen and oxygen atoms in total. The Balaban J connectivity index is 1.50. The number of hydrogen-bond donors (Lipinski definition) is 1. The van der Waals surface area contributed by atoms with Crippen LogP contribution >= 0.6 is 11.6 Å². The lowest BCUT2D eigenvalue weighted by Crippen LogP contribution is -2.34. The van der Waals surface area contributed by atoms with Crippen molar-refractivity contribution in [3.8, 4) is 12.3 Å². The summed E-state index contributed by atoms with van der Waals surface area (Å²) in [5.41, 5.74) is 5.57. The molecule has 2 aromatic heterocycles. The largest absolute Gasteiger partial charge is 0.462 e. The van der Waals surface area contributed by atoms with Gasteiger partial charge < -0.3 is 19.8 Å². The molecule has 0 aliphatic carbocycles. The second-order valence-electron chi connectivity index (χ2n) is 8.12. The number of nitrogen functional groups attached to an aromatic ring is 1. The minimum atomic E-state index is -0.945. The standard InChI is InChI=1S/C23H31ClN4O3/c1-3-5-6-7-8-9-10-11-19(29)30-16-23(4-2)14-12-18(31-23)28-15-13-17-20(25)26-22(24)27-21(17)28/h2,13,15,18H,3,5-12,14,16H2,1H3,(H2,25,26,27). The van der Waals surface area contributed by atoms with E-state index in [0.29, 0.717) is 36.1 Å². The van der Waals surface area contributed by atoms with Crippen LogP contribution in [0.1, 0.15) is 77.4 Å². The number of ether oxygens (including phenoxy) is 2. The van der Waals surface area contributed by atoms with Crippen molar-refractivity contribution in [1.29, 1.82) is 0 Å². The average molecular weight is 447 g/mol. The Bertz CT molecular complexity index is 939. The number of anilines is 1. The van der Waals surface area contributed by atoms with E-state index < -0.39 is 5.60 Å². The Kier molecular flexibility index (Phi) is 8.16. The number of carbonyl (C=O) groups excluding carboxylic acids is 1. The molecule has 8 heteroatoms. The number of rotatable bonds is 11. The van der Waals surface area contributed by atoms with E-state index in [2.05, 4.69) is 22.8 Å². The van der Waals surface area contributed by atoms with E-state index in [0.717, 1.165) is 19.3 Å². The van der Waals surface area contributed by atoms with Gasteiger partial charge in [0.15, 0.2) is 5.60 Å². The van der Waals surface area contributed by atoms with Crippen molar-refractivity contribution in [2.75, 3.05) is 12.3 Å². The van der Waals surface area contributed by atoms with Crippen molar-refractivity contribution in [3.63, 3.8) is 0 Å². The maximum atomic E-state index is 12.2. The first-order valence-electron chi connectivity index (χ1n) is 11.1. The number of halogens is 1. The highest BCUT2D eigenvalue weighted by Gasteiger charge is 2.41. The molecule has 1 aliphatic heterocycles. The zero-order valence-corrected chi connectivity index (χ0v) is 18.9. The molecular formula is C23H31ClN4O3. The molecule has 1 aliphatic rings. The van der Waals surface area contributed by atoms with Crippen LogP contribution in [0.15, 0.2) is 12.3 Å². The number of nitrogens with zero attached hydrogens (tertiary/aromatic N) is 3. The fourth-order valence-electron chi connectivity index (χ4n) is 3.94. The fourth-order valence-corrected chi connectivity index (χ4v) is 4.11. The number of unbranched alkanes of at least 4 members (excludes halogenated alkanes) is 6. The van der Waals surface area contributed by atoms with Gasteiger partial charge in [0.25, 0.3) is 0 Å². The maximum absolute atomic E-state index is 12.2. The number of carbonyl (C=O) groups is 1. The highest BCUT2D eigenvalue weighted by molar-refractivity contribution is 6.28. The van der Waals surface area contributed by atoms with Crippen molar-refractivity contribution in [2.24, 2.45) is 0 Å². The molecule has 0 spiro atoms. The summed E-state index contributed by atoms with van der Waals surface area (Å²) < 4.78 is 13.5. The van der Waals surface area contributed by atoms with Gasteiger partial charge in [-0.1, -0.05) is 51.4 Å². The maximum Gasteiger partial charge on any atom is 0.305 e. The van der Waals surface area contributed by atoms with Gasteiger partial charge in [-0.3, -0.25) is 4.79 Å². The monoisotopic (exact) mass is 446 g/mol. The minimum absolute atomic E-state index is 0.0480. The van der Waals surface area contributed by atoms with Gasteiger partial charge in [-0.05, 0) is 36.9 Å². The zero-order valence-electron chi connectivity index (χ0n) is 18.1. The average Bonchev–Trinajstić information content (AvgIpc) is 3.36. The number of nitrogens with two attached hydrogens (primary N) is 1. The van der Waals surface area contributed by atoms with Crippen molar-refractivity contribution < 1.29 is 14.3 Å². The summed E-state index contributed by atoms with van der Waals surface area (Å²) in [5, 5.41) is 0.776. The molecule has 2 unspecified atom stereocenters. The first kappa shape index (κ1) is 23.4. The first-order valence-corrected chi connectivity index (χ1v) is 11.5. The predicted octanol–water partition coefficient (Wildman–Crippen LogP) is 5.03. The number of esters is 1. The van der Waals surface area contributed by atoms with E-state index in [1.165, 1.54) is 25.7 Å². The van der Waals surface area contributed by atoms with E-state index >= 15 is 0 Å². The molecule has 0 radical (unpaired) electrons. The summed E-state index contributed by atoms with van der Waals surface area (Å²) >= 11 is 5.96. The molecular weight excluding hydrogens is 416 g/mol. The summed E-state index contributed by atoms with van der Waals surface area (Å²) in [5.74, 6) is 2.78. The van der Waals surface area contributed by atoms with Crippen LogP contribution in [0.25, 0.3) is 11.0 Å². The number of aromatic nitrogens is 3. The molecule has 2 atom stereocenters. The Hall–Kier alpha value is -2.30. The summed E-state index contributed by atoms with van der Waals surface area (Å²) in [4.78, 5) is 20.4. The molecule has 1 saturated heterocycles. The molecule has 0 bridgehead atoms. The molecule has 3 heterocycles. The van der Waals surface area contributed by atoms with Crippen molar-refractivity contribution in [1.82, 2.24) is 14.5 Å². The number of terminal acetylenes is 1. The van der Waals surface area contributed by atoms with Gasteiger partial charge in [-0.15, -0.1) is 6.42 Å². The Morgan fingerprint density at radius 1 is 1.35 bits per heavy atom. The van der Waals surface area contributed by atoms with Crippen LogP contribution in [-0.2, 0) is 14.3 Å². The zero-order chi connectivity index (χ0) is 22.3. The molecule has 2 N–H and O–H groups in total. The van der Waals surface area contributed by atoms with Gasteiger partial charge >= 0.3 is 5.97 Å². The van der Waals surface area contributed by atoms with Crippen molar-refractivity contribution >= 4 is 34.4 Å². The van der Waals surface area contributed by atoms with Crippen LogP contribution in [-0.4, -0.2) is 32.7 Å². The van der Waals surface area contributed by atoms with Gasteiger partial charge in [0.2, 0.25) is 5.28 Å². The summed E-state index contributed by atoms with van der Waals surface area (Å²) in [6, 6.07) is 1.82. The highest BCUT2D eigenvalue weighted by atomic mass is 35.5. The van der Waals surface area contributed by atoms with Gasteiger partial charge in [0.05, 0.1) is 5.39 Å². The Morgan fingerprint density at radius 2 is 2.10 bits per heavy atom. The van der Waals surface area contributed by atoms with E-state index in [-0.39, 0.29) is 24.1 Å². The first-order chi connectivity index (χ1) is 15.0. The summed E-state index contributed by atoms with van der Waals surface area (Å²) in [6.45, 7) is 2.25. The Morgan fingerprint density at radius 3 is 2.84 bits per heavy atom. The number of fused-ring (bicyclic) bond motifs is 1. The normalized spacial score (nSPS) is 20.7. The second-order valence-corrected chi connectivity index (χ2v) is 8.46. The summed E-state index contributed by atoms with van der Waals surface area (Å²) in [6.07, 6.45) is 17.0. The predicted molar refractivity (Wildman–Crippen MR) is 121 cm³/mol. The molecule has 0 saturated carbocycles. The van der Waals surface area contributed by atoms with Crippen LogP contribution in [0.2, 0.25) is 5.28 Å². The van der Waals surface area contributed by atoms with Gasteiger partial charge in [0.1, 0.15) is 24.3 Å². The molecule has 0 aromatic carbocycles. The lowest BCUT2D eigenvalue weighted by Gasteiger charge is -2.24. The van der Waals surface area contributed by atoms with Gasteiger partial charge in [-0.25, -0.2) is 4.98 Å². The smallest absolute Gasteiger partial charge is 0.305 e. The van der Waals surface area contributed by atoms with Crippen LogP contribution in [0, 0.1) is 12.3 Å². The fraction of sp³-hybridized carbons (Fsp3) is 0.609. The van der Waals surface area contributed by atoms with Crippen LogP contribution in [0.5, 0.6) is 0 Å². The Labute approximate surface area is 188 Å². The van der Waals surface area contributed by atoms with E-state index in [1.54, 1.807) is 0 Å². The van der Waals surface area contributed by atoms with Crippen LogP contribution in [0.3, 0.4) is 0 Å². The van der Waals surface area contributed by atoms with Crippen molar-refractivity contribution in [3.05, 3.63) is 17.5 Å². The topological polar surface area (TPSA) is 92.3 Å². The van der Waals surface area contributed by atoms with Crippen LogP contribution < -0.4 is 5.73 Å². The molecule has 31 heavy (non-hydrogen) atoms. The third-order valence-corrected chi connectivity index (χ3v) is 5.92. The SMILES string of the molecule is C#CC1(COC(=O)CCCCCCCCC)CCC(n2ccc3c(N)nc(Cl)nc32)O1. The molecule has 168 valence electrons. The lowest BCUT2D eigenvalue weighted by molar-refractivity contribution is -0.152. The van der Waals surface area contributed by atoms with Gasteiger partial charge in [-0.2, -0.15) is 4.98 Å². The summed E-state index contributed by atoms with van der Waals surface area (Å²) in [7, 11) is 0. The third kappa shape index (κ3) is 5.90. The quantitative estimate of drug-likeness (QED) is 0.225. The highest BCUT2D eigenvalue weighted by Crippen LogP contribution is 2.38. The molecule has 2 aromatic rings. The molecule has 1 fully saturated rings. The van der Waals surface area contributed by atoms with Crippen molar-refractivity contribution in [2.45, 2.75) is 83.0 Å². The third-order valence-electron chi connectivity index (χ3n) is 5.75. The molecule has 0 amide bonds. The minimum Gasteiger partial charge on any atom is -0.462 e. The van der Waals surface area contributed by atoms with E-state index in [4.69, 9.17) is 33.2 Å². The number of hydrogen-bond acceptors (Lipinski definition) is 6. The second kappa shape index (κ2) is 10.8. The van der Waals surface area contributed by atoms with E-state index in [1.807, 2.05) is 16.8 Å².